The van der Waals surface area contributed by atoms with E-state index in [1.807, 2.05) is 0 Å². The van der Waals surface area contributed by atoms with E-state index in [4.69, 9.17) is 16.3 Å². The Morgan fingerprint density at radius 1 is 1.44 bits per heavy atom. The van der Waals surface area contributed by atoms with Crippen LogP contribution >= 0.6 is 11.6 Å². The van der Waals surface area contributed by atoms with Gasteiger partial charge in [0.05, 0.1) is 12.8 Å². The van der Waals surface area contributed by atoms with Crippen LogP contribution in [0.15, 0.2) is 18.5 Å². The molecule has 1 aromatic heterocycles. The first-order valence-corrected chi connectivity index (χ1v) is 5.66. The number of rotatable bonds is 7. The van der Waals surface area contributed by atoms with Crippen molar-refractivity contribution < 1.29 is 9.13 Å². The fourth-order valence-corrected chi connectivity index (χ4v) is 1.65. The molecule has 3 nitrogen and oxygen atoms in total. The second kappa shape index (κ2) is 7.54. The van der Waals surface area contributed by atoms with E-state index >= 15 is 0 Å². The SMILES string of the molecule is COCCN(CCCl)Cc1cncc(F)c1. The number of alkyl halides is 1. The summed E-state index contributed by atoms with van der Waals surface area (Å²) in [6, 6.07) is 1.49. The van der Waals surface area contributed by atoms with Crippen molar-refractivity contribution in [3.63, 3.8) is 0 Å². The number of methoxy groups -OCH3 is 1. The number of halogens is 2. The van der Waals surface area contributed by atoms with E-state index in [9.17, 15) is 4.39 Å². The summed E-state index contributed by atoms with van der Waals surface area (Å²) in [5.41, 5.74) is 0.848. The van der Waals surface area contributed by atoms with Crippen LogP contribution in [0.2, 0.25) is 0 Å². The number of ether oxygens (including phenoxy) is 1. The minimum absolute atomic E-state index is 0.310. The van der Waals surface area contributed by atoms with Crippen molar-refractivity contribution in [1.29, 1.82) is 0 Å². The monoisotopic (exact) mass is 246 g/mol. The zero-order valence-electron chi connectivity index (χ0n) is 9.33. The third-order valence-electron chi connectivity index (χ3n) is 2.18. The zero-order chi connectivity index (χ0) is 11.8. The summed E-state index contributed by atoms with van der Waals surface area (Å²) in [5.74, 6) is 0.238. The van der Waals surface area contributed by atoms with Gasteiger partial charge >= 0.3 is 0 Å². The van der Waals surface area contributed by atoms with Gasteiger partial charge in [0.2, 0.25) is 0 Å². The van der Waals surface area contributed by atoms with Gasteiger partial charge in [-0.1, -0.05) is 0 Å². The van der Waals surface area contributed by atoms with Crippen LogP contribution < -0.4 is 0 Å². The standard InChI is InChI=1S/C11H16ClFN2O/c1-16-5-4-15(3-2-12)9-10-6-11(13)8-14-7-10/h6-8H,2-5,9H2,1H3. The molecule has 0 aliphatic rings. The van der Waals surface area contributed by atoms with E-state index in [2.05, 4.69) is 9.88 Å². The summed E-state index contributed by atoms with van der Waals surface area (Å²) in [4.78, 5) is 5.92. The fraction of sp³-hybridized carbons (Fsp3) is 0.545. The Kier molecular flexibility index (Phi) is 6.30. The van der Waals surface area contributed by atoms with Gasteiger partial charge in [-0.3, -0.25) is 9.88 Å². The largest absolute Gasteiger partial charge is 0.383 e. The van der Waals surface area contributed by atoms with Crippen molar-refractivity contribution >= 4 is 11.6 Å². The van der Waals surface area contributed by atoms with Crippen LogP contribution in [0.5, 0.6) is 0 Å². The van der Waals surface area contributed by atoms with Gasteiger partial charge in [0.25, 0.3) is 0 Å². The Balaban J connectivity index is 2.52. The van der Waals surface area contributed by atoms with Crippen molar-refractivity contribution in [1.82, 2.24) is 9.88 Å². The van der Waals surface area contributed by atoms with Gasteiger partial charge in [-0.05, 0) is 11.6 Å². The molecular weight excluding hydrogens is 231 g/mol. The van der Waals surface area contributed by atoms with Crippen molar-refractivity contribution in [2.24, 2.45) is 0 Å². The molecule has 0 fully saturated rings. The lowest BCUT2D eigenvalue weighted by atomic mass is 10.2. The quantitative estimate of drug-likeness (QED) is 0.688. The Labute approximate surface area is 100 Å². The van der Waals surface area contributed by atoms with Gasteiger partial charge in [-0.15, -0.1) is 11.6 Å². The minimum Gasteiger partial charge on any atom is -0.383 e. The summed E-state index contributed by atoms with van der Waals surface area (Å²) in [5, 5.41) is 0. The molecule has 0 unspecified atom stereocenters. The molecule has 0 aliphatic carbocycles. The molecule has 90 valence electrons. The van der Waals surface area contributed by atoms with Gasteiger partial charge in [0.15, 0.2) is 0 Å². The molecule has 0 aliphatic heterocycles. The van der Waals surface area contributed by atoms with E-state index < -0.39 is 0 Å². The lowest BCUT2D eigenvalue weighted by molar-refractivity contribution is 0.148. The lowest BCUT2D eigenvalue weighted by Crippen LogP contribution is -2.29. The third-order valence-corrected chi connectivity index (χ3v) is 2.35. The molecule has 1 rings (SSSR count). The Morgan fingerprint density at radius 3 is 2.88 bits per heavy atom. The predicted molar refractivity (Wildman–Crippen MR) is 62.1 cm³/mol. The first kappa shape index (κ1) is 13.4. The summed E-state index contributed by atoms with van der Waals surface area (Å²) in [6.07, 6.45) is 2.86. The maximum atomic E-state index is 12.9. The first-order chi connectivity index (χ1) is 7.76. The maximum absolute atomic E-state index is 12.9. The molecule has 5 heteroatoms. The first-order valence-electron chi connectivity index (χ1n) is 5.13. The van der Waals surface area contributed by atoms with Crippen molar-refractivity contribution in [3.8, 4) is 0 Å². The molecule has 1 aromatic rings. The second-order valence-electron chi connectivity index (χ2n) is 3.47. The van der Waals surface area contributed by atoms with Gasteiger partial charge in [-0.25, -0.2) is 4.39 Å². The maximum Gasteiger partial charge on any atom is 0.141 e. The molecule has 0 spiro atoms. The topological polar surface area (TPSA) is 25.4 Å². The molecule has 0 bridgehead atoms. The molecule has 16 heavy (non-hydrogen) atoms. The molecule has 0 aromatic carbocycles. The van der Waals surface area contributed by atoms with Crippen LogP contribution in [0.25, 0.3) is 0 Å². The van der Waals surface area contributed by atoms with Crippen LogP contribution in [-0.4, -0.2) is 42.6 Å². The van der Waals surface area contributed by atoms with E-state index in [1.54, 1.807) is 13.3 Å². The molecular formula is C11H16ClFN2O. The highest BCUT2D eigenvalue weighted by Crippen LogP contribution is 2.05. The normalized spacial score (nSPS) is 11.0. The number of aromatic nitrogens is 1. The summed E-state index contributed by atoms with van der Waals surface area (Å²) < 4.78 is 17.9. The summed E-state index contributed by atoms with van der Waals surface area (Å²) in [6.45, 7) is 2.81. The predicted octanol–water partition coefficient (Wildman–Crippen LogP) is 1.91. The highest BCUT2D eigenvalue weighted by atomic mass is 35.5. The van der Waals surface area contributed by atoms with Crippen LogP contribution in [0.4, 0.5) is 4.39 Å². The van der Waals surface area contributed by atoms with Gasteiger partial charge < -0.3 is 4.74 Å². The Hall–Kier alpha value is -0.710. The number of hydrogen-bond acceptors (Lipinski definition) is 3. The third kappa shape index (κ3) is 4.88. The number of hydrogen-bond donors (Lipinski definition) is 0. The molecule has 0 radical (unpaired) electrons. The molecule has 0 atom stereocenters. The van der Waals surface area contributed by atoms with Gasteiger partial charge in [0.1, 0.15) is 5.82 Å². The van der Waals surface area contributed by atoms with E-state index in [0.717, 1.165) is 18.7 Å². The van der Waals surface area contributed by atoms with Crippen molar-refractivity contribution in [2.45, 2.75) is 6.54 Å². The van der Waals surface area contributed by atoms with Gasteiger partial charge in [-0.2, -0.15) is 0 Å². The average Bonchev–Trinajstić information content (AvgIpc) is 2.26. The van der Waals surface area contributed by atoms with Crippen LogP contribution in [-0.2, 0) is 11.3 Å². The Bertz CT molecular complexity index is 312. The molecule has 1 heterocycles. The highest BCUT2D eigenvalue weighted by molar-refractivity contribution is 6.18. The molecule has 0 saturated carbocycles. The minimum atomic E-state index is -0.310. The van der Waals surface area contributed by atoms with Crippen molar-refractivity contribution in [2.75, 3.05) is 32.7 Å². The van der Waals surface area contributed by atoms with E-state index in [-0.39, 0.29) is 5.82 Å². The van der Waals surface area contributed by atoms with E-state index in [1.165, 1.54) is 12.3 Å². The van der Waals surface area contributed by atoms with Crippen LogP contribution in [0.1, 0.15) is 5.56 Å². The van der Waals surface area contributed by atoms with E-state index in [0.29, 0.717) is 19.0 Å². The summed E-state index contributed by atoms with van der Waals surface area (Å²) in [7, 11) is 1.66. The van der Waals surface area contributed by atoms with Crippen LogP contribution in [0.3, 0.4) is 0 Å². The molecule has 0 amide bonds. The van der Waals surface area contributed by atoms with Gasteiger partial charge in [0, 0.05) is 38.8 Å². The Morgan fingerprint density at radius 2 is 2.25 bits per heavy atom. The molecule has 0 saturated heterocycles. The van der Waals surface area contributed by atoms with Crippen molar-refractivity contribution in [3.05, 3.63) is 29.8 Å². The zero-order valence-corrected chi connectivity index (χ0v) is 10.1. The summed E-state index contributed by atoms with van der Waals surface area (Å²) >= 11 is 5.70. The number of nitrogens with zero attached hydrogens (tertiary/aromatic N) is 2. The number of pyridine rings is 1. The second-order valence-corrected chi connectivity index (χ2v) is 3.85. The smallest absolute Gasteiger partial charge is 0.141 e. The average molecular weight is 247 g/mol. The fourth-order valence-electron chi connectivity index (χ4n) is 1.41. The van der Waals surface area contributed by atoms with Crippen LogP contribution in [0, 0.1) is 5.82 Å². The lowest BCUT2D eigenvalue weighted by Gasteiger charge is -2.20. The highest BCUT2D eigenvalue weighted by Gasteiger charge is 2.06. The molecule has 0 N–H and O–H groups in total.